The van der Waals surface area contributed by atoms with Gasteiger partial charge in [-0.15, -0.1) is 0 Å². The Hall–Kier alpha value is -0.180. The molecule has 0 bridgehead atoms. The number of hydrogen-bond donors (Lipinski definition) is 2. The number of hydrogen-bond acceptors (Lipinski definition) is 2. The molecule has 0 amide bonds. The molecule has 0 heterocycles. The van der Waals surface area contributed by atoms with E-state index in [2.05, 4.69) is 13.8 Å². The Kier molecular flexibility index (Phi) is 5.49. The Balaban J connectivity index is 3.25. The van der Waals surface area contributed by atoms with Crippen LogP contribution < -0.4 is 5.73 Å². The highest BCUT2D eigenvalue weighted by Crippen LogP contribution is 2.13. The minimum absolute atomic E-state index is 0.302. The van der Waals surface area contributed by atoms with Crippen LogP contribution >= 0.6 is 11.8 Å². The second-order valence-corrected chi connectivity index (χ2v) is 3.96. The number of rotatable bonds is 5. The van der Waals surface area contributed by atoms with Crippen LogP contribution in [-0.4, -0.2) is 16.8 Å². The molecule has 0 rings (SSSR count). The molecule has 2 nitrogen and oxygen atoms in total. The van der Waals surface area contributed by atoms with Gasteiger partial charge in [-0.3, -0.25) is 5.41 Å². The van der Waals surface area contributed by atoms with Gasteiger partial charge in [0.2, 0.25) is 0 Å². The number of nitrogens with one attached hydrogen (secondary N) is 1. The van der Waals surface area contributed by atoms with Gasteiger partial charge in [-0.05, 0) is 12.2 Å². The average molecular weight is 160 g/mol. The lowest BCUT2D eigenvalue weighted by atomic mass is 10.3. The average Bonchev–Trinajstić information content (AvgIpc) is 1.82. The van der Waals surface area contributed by atoms with Gasteiger partial charge in [0.1, 0.15) is 0 Å². The van der Waals surface area contributed by atoms with Crippen molar-refractivity contribution in [2.45, 2.75) is 31.9 Å². The van der Waals surface area contributed by atoms with Gasteiger partial charge in [-0.2, -0.15) is 11.8 Å². The van der Waals surface area contributed by atoms with Crippen LogP contribution in [0.4, 0.5) is 0 Å². The summed E-state index contributed by atoms with van der Waals surface area (Å²) in [6, 6.07) is 0. The van der Waals surface area contributed by atoms with Crippen molar-refractivity contribution in [3.05, 3.63) is 0 Å². The van der Waals surface area contributed by atoms with Crippen molar-refractivity contribution in [1.82, 2.24) is 0 Å². The summed E-state index contributed by atoms with van der Waals surface area (Å²) in [5.74, 6) is 1.48. The zero-order valence-corrected chi connectivity index (χ0v) is 7.50. The summed E-state index contributed by atoms with van der Waals surface area (Å²) in [5.41, 5.74) is 5.24. The fourth-order valence-electron chi connectivity index (χ4n) is 0.688. The predicted octanol–water partition coefficient (Wildman–Crippen LogP) is 1.84. The minimum atomic E-state index is 0.302. The molecular weight excluding hydrogens is 144 g/mol. The molecule has 0 saturated carbocycles. The summed E-state index contributed by atoms with van der Waals surface area (Å²) >= 11 is 1.88. The Morgan fingerprint density at radius 2 is 2.30 bits per heavy atom. The largest absolute Gasteiger partial charge is 0.388 e. The van der Waals surface area contributed by atoms with E-state index in [1.807, 2.05) is 11.8 Å². The summed E-state index contributed by atoms with van der Waals surface area (Å²) in [7, 11) is 0. The van der Waals surface area contributed by atoms with Crippen LogP contribution in [0.15, 0.2) is 0 Å². The normalized spacial score (nSPS) is 13.0. The van der Waals surface area contributed by atoms with Gasteiger partial charge >= 0.3 is 0 Å². The molecule has 0 aliphatic heterocycles. The van der Waals surface area contributed by atoms with E-state index >= 15 is 0 Å². The van der Waals surface area contributed by atoms with E-state index in [4.69, 9.17) is 11.1 Å². The lowest BCUT2D eigenvalue weighted by Crippen LogP contribution is -2.15. The van der Waals surface area contributed by atoms with Gasteiger partial charge in [0.25, 0.3) is 0 Å². The first kappa shape index (κ1) is 9.82. The first-order valence-electron chi connectivity index (χ1n) is 3.61. The molecule has 1 atom stereocenters. The second-order valence-electron chi connectivity index (χ2n) is 2.41. The topological polar surface area (TPSA) is 49.9 Å². The Morgan fingerprint density at radius 1 is 1.70 bits per heavy atom. The monoisotopic (exact) mass is 160 g/mol. The third kappa shape index (κ3) is 5.95. The molecule has 1 unspecified atom stereocenters. The van der Waals surface area contributed by atoms with E-state index < -0.39 is 0 Å². The van der Waals surface area contributed by atoms with Crippen molar-refractivity contribution in [2.75, 3.05) is 5.75 Å². The van der Waals surface area contributed by atoms with Crippen molar-refractivity contribution >= 4 is 17.6 Å². The molecule has 0 fully saturated rings. The van der Waals surface area contributed by atoms with Crippen LogP contribution in [0.2, 0.25) is 0 Å². The van der Waals surface area contributed by atoms with E-state index in [1.54, 1.807) is 0 Å². The van der Waals surface area contributed by atoms with Gasteiger partial charge < -0.3 is 5.73 Å². The lowest BCUT2D eigenvalue weighted by molar-refractivity contribution is 0.987. The lowest BCUT2D eigenvalue weighted by Gasteiger charge is -2.07. The Labute approximate surface area is 67.1 Å². The fraction of sp³-hybridized carbons (Fsp3) is 0.857. The molecule has 0 aromatic rings. The van der Waals surface area contributed by atoms with E-state index in [9.17, 15) is 0 Å². The first-order valence-corrected chi connectivity index (χ1v) is 4.66. The van der Waals surface area contributed by atoms with Gasteiger partial charge in [-0.25, -0.2) is 0 Å². The van der Waals surface area contributed by atoms with Crippen LogP contribution in [0, 0.1) is 5.41 Å². The Morgan fingerprint density at radius 3 is 2.70 bits per heavy atom. The molecule has 3 N–H and O–H groups in total. The second kappa shape index (κ2) is 5.59. The SMILES string of the molecule is CCCSC(C)CC(=N)N. The van der Waals surface area contributed by atoms with Gasteiger partial charge in [0.05, 0.1) is 5.84 Å². The molecule has 0 radical (unpaired) electrons. The van der Waals surface area contributed by atoms with Gasteiger partial charge in [0.15, 0.2) is 0 Å². The zero-order valence-electron chi connectivity index (χ0n) is 6.68. The van der Waals surface area contributed by atoms with Gasteiger partial charge in [0, 0.05) is 11.7 Å². The third-order valence-electron chi connectivity index (χ3n) is 1.11. The van der Waals surface area contributed by atoms with E-state index in [1.165, 1.54) is 12.2 Å². The standard InChI is InChI=1S/C7H16N2S/c1-3-4-10-6(2)5-7(8)9/h6H,3-5H2,1-2H3,(H3,8,9). The van der Waals surface area contributed by atoms with Gasteiger partial charge in [-0.1, -0.05) is 13.8 Å². The molecule has 0 aliphatic carbocycles. The highest BCUT2D eigenvalue weighted by atomic mass is 32.2. The summed E-state index contributed by atoms with van der Waals surface area (Å²) in [6.07, 6.45) is 1.93. The molecule has 10 heavy (non-hydrogen) atoms. The van der Waals surface area contributed by atoms with Crippen LogP contribution in [0.1, 0.15) is 26.7 Å². The molecule has 0 aromatic heterocycles. The molecule has 0 spiro atoms. The van der Waals surface area contributed by atoms with Crippen LogP contribution in [0.3, 0.4) is 0 Å². The maximum atomic E-state index is 7.02. The maximum absolute atomic E-state index is 7.02. The van der Waals surface area contributed by atoms with Crippen molar-refractivity contribution < 1.29 is 0 Å². The van der Waals surface area contributed by atoms with Crippen molar-refractivity contribution in [2.24, 2.45) is 5.73 Å². The maximum Gasteiger partial charge on any atom is 0.0916 e. The van der Waals surface area contributed by atoms with E-state index in [-0.39, 0.29) is 0 Å². The summed E-state index contributed by atoms with van der Waals surface area (Å²) in [4.78, 5) is 0. The van der Waals surface area contributed by atoms with Crippen molar-refractivity contribution in [3.63, 3.8) is 0 Å². The highest BCUT2D eigenvalue weighted by Gasteiger charge is 2.01. The highest BCUT2D eigenvalue weighted by molar-refractivity contribution is 7.99. The summed E-state index contributed by atoms with van der Waals surface area (Å²) in [5, 5.41) is 7.54. The number of nitrogens with two attached hydrogens (primary N) is 1. The Bertz CT molecular complexity index is 104. The molecule has 0 aromatic carbocycles. The third-order valence-corrected chi connectivity index (χ3v) is 2.49. The number of amidine groups is 1. The molecular formula is C7H16N2S. The fourth-order valence-corrected chi connectivity index (χ4v) is 1.62. The van der Waals surface area contributed by atoms with Crippen molar-refractivity contribution in [1.29, 1.82) is 5.41 Å². The van der Waals surface area contributed by atoms with Crippen LogP contribution in [-0.2, 0) is 0 Å². The summed E-state index contributed by atoms with van der Waals surface area (Å²) in [6.45, 7) is 4.27. The molecule has 0 saturated heterocycles. The van der Waals surface area contributed by atoms with Crippen LogP contribution in [0.25, 0.3) is 0 Å². The molecule has 0 aliphatic rings. The molecule has 60 valence electrons. The van der Waals surface area contributed by atoms with E-state index in [0.717, 1.165) is 6.42 Å². The summed E-state index contributed by atoms with van der Waals surface area (Å²) < 4.78 is 0. The smallest absolute Gasteiger partial charge is 0.0916 e. The number of thioether (sulfide) groups is 1. The minimum Gasteiger partial charge on any atom is -0.388 e. The van der Waals surface area contributed by atoms with Crippen LogP contribution in [0.5, 0.6) is 0 Å². The van der Waals surface area contributed by atoms with Crippen molar-refractivity contribution in [3.8, 4) is 0 Å². The van der Waals surface area contributed by atoms with E-state index in [0.29, 0.717) is 11.1 Å². The quantitative estimate of drug-likeness (QED) is 0.476. The predicted molar refractivity (Wildman–Crippen MR) is 48.7 cm³/mol. The first-order chi connectivity index (χ1) is 4.66. The zero-order chi connectivity index (χ0) is 7.98. The molecule has 3 heteroatoms.